The van der Waals surface area contributed by atoms with Gasteiger partial charge in [0.05, 0.1) is 25.2 Å². The molecule has 0 aliphatic heterocycles. The zero-order valence-corrected chi connectivity index (χ0v) is 9.49. The lowest BCUT2D eigenvalue weighted by Gasteiger charge is -2.39. The Bertz CT molecular complexity index is 333. The van der Waals surface area contributed by atoms with E-state index in [1.54, 1.807) is 13.8 Å². The van der Waals surface area contributed by atoms with E-state index in [1.807, 2.05) is 6.07 Å². The van der Waals surface area contributed by atoms with Crippen molar-refractivity contribution in [1.82, 2.24) is 0 Å². The molecule has 1 rings (SSSR count). The fraction of sp³-hybridized carbons (Fsp3) is 0.727. The van der Waals surface area contributed by atoms with Crippen molar-refractivity contribution in [3.63, 3.8) is 0 Å². The van der Waals surface area contributed by atoms with E-state index in [0.717, 1.165) is 0 Å². The van der Waals surface area contributed by atoms with Crippen molar-refractivity contribution in [2.75, 3.05) is 13.2 Å². The lowest BCUT2D eigenvalue weighted by molar-refractivity contribution is -0.174. The van der Waals surface area contributed by atoms with E-state index in [4.69, 9.17) is 14.7 Å². The molecule has 0 heterocycles. The third kappa shape index (κ3) is 1.87. The second-order valence-electron chi connectivity index (χ2n) is 3.65. The Morgan fingerprint density at radius 2 is 2.00 bits per heavy atom. The van der Waals surface area contributed by atoms with Gasteiger partial charge in [-0.2, -0.15) is 5.26 Å². The smallest absolute Gasteiger partial charge is 0.327 e. The van der Waals surface area contributed by atoms with Gasteiger partial charge in [0.15, 0.2) is 5.41 Å². The van der Waals surface area contributed by atoms with Crippen LogP contribution in [0.5, 0.6) is 0 Å². The zero-order valence-electron chi connectivity index (χ0n) is 9.49. The summed E-state index contributed by atoms with van der Waals surface area (Å²) < 4.78 is 9.66. The first-order valence-electron chi connectivity index (χ1n) is 5.37. The Morgan fingerprint density at radius 3 is 2.38 bits per heavy atom. The molecular weight excluding hydrogens is 210 g/mol. The molecule has 0 amide bonds. The van der Waals surface area contributed by atoms with E-state index in [-0.39, 0.29) is 13.2 Å². The minimum absolute atomic E-state index is 0.206. The van der Waals surface area contributed by atoms with Crippen LogP contribution in [-0.2, 0) is 19.1 Å². The summed E-state index contributed by atoms with van der Waals surface area (Å²) in [5, 5.41) is 9.06. The van der Waals surface area contributed by atoms with E-state index in [0.29, 0.717) is 12.8 Å². The second kappa shape index (κ2) is 4.97. The van der Waals surface area contributed by atoms with Crippen molar-refractivity contribution in [2.45, 2.75) is 26.7 Å². The van der Waals surface area contributed by atoms with Crippen molar-refractivity contribution in [1.29, 1.82) is 5.26 Å². The molecule has 0 bridgehead atoms. The molecule has 88 valence electrons. The maximum atomic E-state index is 11.6. The van der Waals surface area contributed by atoms with Crippen molar-refractivity contribution in [3.05, 3.63) is 0 Å². The van der Waals surface area contributed by atoms with Gasteiger partial charge in [-0.3, -0.25) is 9.59 Å². The first-order chi connectivity index (χ1) is 7.62. The van der Waals surface area contributed by atoms with Gasteiger partial charge >= 0.3 is 11.9 Å². The highest BCUT2D eigenvalue weighted by molar-refractivity contribution is 5.89. The molecule has 0 N–H and O–H groups in total. The molecule has 5 nitrogen and oxygen atoms in total. The van der Waals surface area contributed by atoms with Gasteiger partial charge < -0.3 is 9.47 Å². The summed E-state index contributed by atoms with van der Waals surface area (Å²) in [6.07, 6.45) is 0.872. The zero-order chi connectivity index (χ0) is 12.2. The largest absolute Gasteiger partial charge is 0.466 e. The van der Waals surface area contributed by atoms with Crippen LogP contribution in [0.15, 0.2) is 0 Å². The highest BCUT2D eigenvalue weighted by atomic mass is 16.5. The van der Waals surface area contributed by atoms with Crippen molar-refractivity contribution >= 4 is 11.9 Å². The Kier molecular flexibility index (Phi) is 3.88. The van der Waals surface area contributed by atoms with Crippen LogP contribution >= 0.6 is 0 Å². The first kappa shape index (κ1) is 12.5. The van der Waals surface area contributed by atoms with Gasteiger partial charge in [0.1, 0.15) is 0 Å². The minimum Gasteiger partial charge on any atom is -0.466 e. The second-order valence-corrected chi connectivity index (χ2v) is 3.65. The van der Waals surface area contributed by atoms with Crippen molar-refractivity contribution in [2.24, 2.45) is 11.3 Å². The van der Waals surface area contributed by atoms with Gasteiger partial charge in [-0.25, -0.2) is 0 Å². The van der Waals surface area contributed by atoms with Crippen molar-refractivity contribution in [3.8, 4) is 6.07 Å². The molecule has 5 heteroatoms. The standard InChI is InChI=1S/C11H15NO4/c1-3-15-9(13)8-5-6-11(8,7-12)10(14)16-4-2/h8H,3-6H2,1-2H3. The third-order valence-electron chi connectivity index (χ3n) is 2.83. The molecule has 1 aliphatic rings. The molecule has 2 atom stereocenters. The lowest BCUT2D eigenvalue weighted by atomic mass is 9.61. The molecule has 0 aromatic rings. The van der Waals surface area contributed by atoms with E-state index < -0.39 is 23.3 Å². The van der Waals surface area contributed by atoms with Crippen LogP contribution in [0.3, 0.4) is 0 Å². The van der Waals surface area contributed by atoms with Gasteiger partial charge in [-0.05, 0) is 26.7 Å². The van der Waals surface area contributed by atoms with Gasteiger partial charge in [0.25, 0.3) is 0 Å². The van der Waals surface area contributed by atoms with Crippen LogP contribution in [0.4, 0.5) is 0 Å². The number of hydrogen-bond donors (Lipinski definition) is 0. The van der Waals surface area contributed by atoms with Crippen LogP contribution in [0, 0.1) is 22.7 Å². The molecule has 2 unspecified atom stereocenters. The summed E-state index contributed by atoms with van der Waals surface area (Å²) in [4.78, 5) is 23.2. The molecule has 0 aromatic carbocycles. The Labute approximate surface area is 94.3 Å². The molecule has 16 heavy (non-hydrogen) atoms. The monoisotopic (exact) mass is 225 g/mol. The molecule has 1 fully saturated rings. The molecule has 0 aromatic heterocycles. The number of nitrogens with zero attached hydrogens (tertiary/aromatic N) is 1. The summed E-state index contributed by atoms with van der Waals surface area (Å²) in [5.74, 6) is -1.76. The lowest BCUT2D eigenvalue weighted by Crippen LogP contribution is -2.50. The van der Waals surface area contributed by atoms with Crippen LogP contribution < -0.4 is 0 Å². The van der Waals surface area contributed by atoms with Crippen LogP contribution in [0.25, 0.3) is 0 Å². The number of esters is 2. The van der Waals surface area contributed by atoms with E-state index in [2.05, 4.69) is 0 Å². The van der Waals surface area contributed by atoms with Gasteiger partial charge in [-0.15, -0.1) is 0 Å². The predicted molar refractivity (Wildman–Crippen MR) is 54.0 cm³/mol. The fourth-order valence-corrected chi connectivity index (χ4v) is 1.82. The number of hydrogen-bond acceptors (Lipinski definition) is 5. The number of carbonyl (C=O) groups excluding carboxylic acids is 2. The van der Waals surface area contributed by atoms with E-state index >= 15 is 0 Å². The van der Waals surface area contributed by atoms with Gasteiger partial charge in [-0.1, -0.05) is 0 Å². The summed E-state index contributed by atoms with van der Waals surface area (Å²) in [5.41, 5.74) is -1.32. The van der Waals surface area contributed by atoms with Crippen LogP contribution in [-0.4, -0.2) is 25.2 Å². The third-order valence-corrected chi connectivity index (χ3v) is 2.83. The van der Waals surface area contributed by atoms with Crippen molar-refractivity contribution < 1.29 is 19.1 Å². The van der Waals surface area contributed by atoms with Gasteiger partial charge in [0.2, 0.25) is 0 Å². The average Bonchev–Trinajstić information content (AvgIpc) is 2.18. The summed E-state index contributed by atoms with van der Waals surface area (Å²) in [6.45, 7) is 3.81. The molecule has 0 saturated heterocycles. The normalized spacial score (nSPS) is 27.4. The predicted octanol–water partition coefficient (Wildman–Crippen LogP) is 1.03. The Morgan fingerprint density at radius 1 is 1.38 bits per heavy atom. The van der Waals surface area contributed by atoms with E-state index in [9.17, 15) is 9.59 Å². The van der Waals surface area contributed by atoms with E-state index in [1.165, 1.54) is 0 Å². The minimum atomic E-state index is -1.32. The molecular formula is C11H15NO4. The average molecular weight is 225 g/mol. The molecule has 0 radical (unpaired) electrons. The quantitative estimate of drug-likeness (QED) is 0.668. The number of carbonyl (C=O) groups is 2. The van der Waals surface area contributed by atoms with Gasteiger partial charge in [0, 0.05) is 0 Å². The summed E-state index contributed by atoms with van der Waals surface area (Å²) in [7, 11) is 0. The SMILES string of the molecule is CCOC(=O)C1CCC1(C#N)C(=O)OCC. The molecule has 1 aliphatic carbocycles. The number of rotatable bonds is 4. The van der Waals surface area contributed by atoms with Crippen LogP contribution in [0.2, 0.25) is 0 Å². The molecule has 0 spiro atoms. The summed E-state index contributed by atoms with van der Waals surface area (Å²) >= 11 is 0. The van der Waals surface area contributed by atoms with Crippen LogP contribution in [0.1, 0.15) is 26.7 Å². The Balaban J connectivity index is 2.79. The Hall–Kier alpha value is -1.57. The first-order valence-corrected chi connectivity index (χ1v) is 5.37. The summed E-state index contributed by atoms with van der Waals surface area (Å²) in [6, 6.07) is 1.91. The number of ether oxygens (including phenoxy) is 2. The highest BCUT2D eigenvalue weighted by Crippen LogP contribution is 2.47. The highest BCUT2D eigenvalue weighted by Gasteiger charge is 2.58. The number of nitriles is 1. The maximum Gasteiger partial charge on any atom is 0.327 e. The molecule has 1 saturated carbocycles. The maximum absolute atomic E-state index is 11.6. The fourth-order valence-electron chi connectivity index (χ4n) is 1.82. The topological polar surface area (TPSA) is 76.4 Å².